The number of aromatic nitrogens is 1. The summed E-state index contributed by atoms with van der Waals surface area (Å²) in [5.74, 6) is 0.727. The van der Waals surface area contributed by atoms with Gasteiger partial charge in [0.2, 0.25) is 0 Å². The quantitative estimate of drug-likeness (QED) is 0.356. The van der Waals surface area contributed by atoms with Crippen LogP contribution in [0, 0.1) is 0 Å². The standard InChI is InChI=1S/C24H22ClN3O3S/c1-2-31-18-9-10-21-16(13-18)12-17(23(29)26-21)14-28(15-19-6-5-11-32-19)24(30)27-22-8-4-3-7-20(22)25/h3-13H,2,14-15H2,1H3,(H,26,29)(H,27,30). The van der Waals surface area contributed by atoms with Gasteiger partial charge in [-0.15, -0.1) is 11.3 Å². The van der Waals surface area contributed by atoms with Gasteiger partial charge in [0, 0.05) is 21.3 Å². The molecule has 4 rings (SSSR count). The molecule has 2 aromatic heterocycles. The Bertz CT molecular complexity index is 1290. The van der Waals surface area contributed by atoms with Crippen LogP contribution in [-0.4, -0.2) is 22.5 Å². The number of hydrogen-bond donors (Lipinski definition) is 2. The van der Waals surface area contributed by atoms with Gasteiger partial charge in [0.05, 0.1) is 30.4 Å². The van der Waals surface area contributed by atoms with E-state index >= 15 is 0 Å². The molecule has 0 aliphatic carbocycles. The lowest BCUT2D eigenvalue weighted by molar-refractivity contribution is 0.207. The number of pyridine rings is 1. The van der Waals surface area contributed by atoms with Gasteiger partial charge >= 0.3 is 6.03 Å². The molecule has 0 radical (unpaired) electrons. The Morgan fingerprint density at radius 3 is 2.72 bits per heavy atom. The van der Waals surface area contributed by atoms with E-state index in [0.29, 0.717) is 34.9 Å². The van der Waals surface area contributed by atoms with Crippen LogP contribution in [0.25, 0.3) is 10.9 Å². The maximum absolute atomic E-state index is 13.1. The Kier molecular flexibility index (Phi) is 6.78. The van der Waals surface area contributed by atoms with Gasteiger partial charge in [-0.05, 0) is 54.8 Å². The van der Waals surface area contributed by atoms with Gasteiger partial charge in [-0.1, -0.05) is 29.8 Å². The average Bonchev–Trinajstić information content (AvgIpc) is 3.29. The Morgan fingerprint density at radius 2 is 1.97 bits per heavy atom. The van der Waals surface area contributed by atoms with Gasteiger partial charge < -0.3 is 19.9 Å². The summed E-state index contributed by atoms with van der Waals surface area (Å²) in [5, 5.41) is 6.10. The molecule has 2 aromatic carbocycles. The number of nitrogens with zero attached hydrogens (tertiary/aromatic N) is 1. The normalized spacial score (nSPS) is 10.8. The maximum Gasteiger partial charge on any atom is 0.322 e. The molecule has 0 unspecified atom stereocenters. The number of para-hydroxylation sites is 1. The number of ether oxygens (including phenoxy) is 1. The van der Waals surface area contributed by atoms with Crippen LogP contribution in [0.4, 0.5) is 10.5 Å². The van der Waals surface area contributed by atoms with E-state index in [-0.39, 0.29) is 18.1 Å². The van der Waals surface area contributed by atoms with Crippen LogP contribution < -0.4 is 15.6 Å². The lowest BCUT2D eigenvalue weighted by atomic mass is 10.1. The van der Waals surface area contributed by atoms with E-state index < -0.39 is 0 Å². The average molecular weight is 468 g/mol. The molecule has 4 aromatic rings. The fourth-order valence-corrected chi connectivity index (χ4v) is 4.26. The number of halogens is 1. The van der Waals surface area contributed by atoms with Crippen molar-refractivity contribution in [3.05, 3.63) is 91.9 Å². The third-order valence-electron chi connectivity index (χ3n) is 4.89. The number of carbonyl (C=O) groups is 1. The molecule has 32 heavy (non-hydrogen) atoms. The zero-order valence-corrected chi connectivity index (χ0v) is 19.0. The SMILES string of the molecule is CCOc1ccc2[nH]c(=O)c(CN(Cc3cccs3)C(=O)Nc3ccccc3Cl)cc2c1. The number of thiophene rings is 1. The second-order valence-corrected chi connectivity index (χ2v) is 8.59. The Hall–Kier alpha value is -3.29. The number of H-pyrrole nitrogens is 1. The summed E-state index contributed by atoms with van der Waals surface area (Å²) >= 11 is 7.76. The fourth-order valence-electron chi connectivity index (χ4n) is 3.36. The van der Waals surface area contributed by atoms with Crippen LogP contribution in [0.1, 0.15) is 17.4 Å². The molecule has 2 N–H and O–H groups in total. The Balaban J connectivity index is 1.64. The van der Waals surface area contributed by atoms with Gasteiger partial charge in [0.1, 0.15) is 5.75 Å². The highest BCUT2D eigenvalue weighted by Gasteiger charge is 2.18. The predicted molar refractivity (Wildman–Crippen MR) is 130 cm³/mol. The van der Waals surface area contributed by atoms with Crippen LogP contribution >= 0.6 is 22.9 Å². The molecule has 164 valence electrons. The molecule has 6 nitrogen and oxygen atoms in total. The third-order valence-corrected chi connectivity index (χ3v) is 6.09. The number of amides is 2. The number of hydrogen-bond acceptors (Lipinski definition) is 4. The van der Waals surface area contributed by atoms with Crippen molar-refractivity contribution in [1.29, 1.82) is 0 Å². The highest BCUT2D eigenvalue weighted by atomic mass is 35.5. The van der Waals surface area contributed by atoms with Gasteiger partial charge in [0.25, 0.3) is 5.56 Å². The minimum absolute atomic E-state index is 0.137. The molecule has 0 saturated carbocycles. The van der Waals surface area contributed by atoms with E-state index in [0.717, 1.165) is 16.0 Å². The summed E-state index contributed by atoms with van der Waals surface area (Å²) in [4.78, 5) is 31.4. The lowest BCUT2D eigenvalue weighted by Gasteiger charge is -2.23. The highest BCUT2D eigenvalue weighted by molar-refractivity contribution is 7.09. The number of rotatable bonds is 7. The first kappa shape index (κ1) is 21.9. The zero-order valence-electron chi connectivity index (χ0n) is 17.4. The molecule has 0 aliphatic heterocycles. The number of anilines is 1. The molecule has 0 bridgehead atoms. The topological polar surface area (TPSA) is 74.4 Å². The monoisotopic (exact) mass is 467 g/mol. The lowest BCUT2D eigenvalue weighted by Crippen LogP contribution is -2.35. The van der Waals surface area contributed by atoms with Crippen molar-refractivity contribution in [2.45, 2.75) is 20.0 Å². The molecule has 0 atom stereocenters. The largest absolute Gasteiger partial charge is 0.494 e. The van der Waals surface area contributed by atoms with Crippen LogP contribution in [0.2, 0.25) is 5.02 Å². The van der Waals surface area contributed by atoms with Crippen LogP contribution in [0.3, 0.4) is 0 Å². The van der Waals surface area contributed by atoms with Crippen molar-refractivity contribution in [2.75, 3.05) is 11.9 Å². The van der Waals surface area contributed by atoms with Gasteiger partial charge in [-0.2, -0.15) is 0 Å². The van der Waals surface area contributed by atoms with Crippen LogP contribution in [0.5, 0.6) is 5.75 Å². The van der Waals surface area contributed by atoms with Crippen molar-refractivity contribution in [2.24, 2.45) is 0 Å². The Morgan fingerprint density at radius 1 is 1.12 bits per heavy atom. The van der Waals surface area contributed by atoms with E-state index in [1.165, 1.54) is 0 Å². The van der Waals surface area contributed by atoms with Gasteiger partial charge in [-0.25, -0.2) is 4.79 Å². The minimum Gasteiger partial charge on any atom is -0.494 e. The van der Waals surface area contributed by atoms with E-state index in [1.54, 1.807) is 46.6 Å². The summed E-state index contributed by atoms with van der Waals surface area (Å²) in [6.07, 6.45) is 0. The van der Waals surface area contributed by atoms with E-state index in [2.05, 4.69) is 10.3 Å². The van der Waals surface area contributed by atoms with Crippen molar-refractivity contribution in [1.82, 2.24) is 9.88 Å². The molecule has 8 heteroatoms. The summed E-state index contributed by atoms with van der Waals surface area (Å²) < 4.78 is 5.57. The number of benzene rings is 2. The van der Waals surface area contributed by atoms with Gasteiger partial charge in [0.15, 0.2) is 0 Å². The smallest absolute Gasteiger partial charge is 0.322 e. The number of fused-ring (bicyclic) bond motifs is 1. The molecular formula is C24H22ClN3O3S. The number of carbonyl (C=O) groups excluding carboxylic acids is 1. The second kappa shape index (κ2) is 9.89. The van der Waals surface area contributed by atoms with Crippen LogP contribution in [0.15, 0.2) is 70.8 Å². The van der Waals surface area contributed by atoms with E-state index in [1.807, 2.05) is 42.6 Å². The molecule has 0 spiro atoms. The van der Waals surface area contributed by atoms with Gasteiger partial charge in [-0.3, -0.25) is 4.79 Å². The molecular weight excluding hydrogens is 446 g/mol. The summed E-state index contributed by atoms with van der Waals surface area (Å²) in [6.45, 7) is 2.98. The summed E-state index contributed by atoms with van der Waals surface area (Å²) in [7, 11) is 0. The predicted octanol–water partition coefficient (Wildman–Crippen LogP) is 5.88. The maximum atomic E-state index is 13.1. The van der Waals surface area contributed by atoms with Crippen molar-refractivity contribution < 1.29 is 9.53 Å². The summed E-state index contributed by atoms with van der Waals surface area (Å²) in [5.41, 5.74) is 1.48. The van der Waals surface area contributed by atoms with Crippen molar-refractivity contribution in [3.8, 4) is 5.75 Å². The zero-order chi connectivity index (χ0) is 22.5. The third kappa shape index (κ3) is 5.12. The Labute approximate surface area is 194 Å². The first-order valence-electron chi connectivity index (χ1n) is 10.1. The molecule has 0 aliphatic rings. The highest BCUT2D eigenvalue weighted by Crippen LogP contribution is 2.23. The first-order chi connectivity index (χ1) is 15.5. The van der Waals surface area contributed by atoms with E-state index in [4.69, 9.17) is 16.3 Å². The molecule has 2 amide bonds. The molecule has 0 saturated heterocycles. The molecule has 2 heterocycles. The van der Waals surface area contributed by atoms with Crippen molar-refractivity contribution in [3.63, 3.8) is 0 Å². The van der Waals surface area contributed by atoms with Crippen molar-refractivity contribution >= 4 is 45.6 Å². The second-order valence-electron chi connectivity index (χ2n) is 7.15. The number of nitrogens with one attached hydrogen (secondary N) is 2. The minimum atomic E-state index is -0.339. The van der Waals surface area contributed by atoms with E-state index in [9.17, 15) is 9.59 Å². The summed E-state index contributed by atoms with van der Waals surface area (Å²) in [6, 6.07) is 17.9. The fraction of sp³-hybridized carbons (Fsp3) is 0.167. The molecule has 0 fully saturated rings. The van der Waals surface area contributed by atoms with Crippen LogP contribution in [-0.2, 0) is 13.1 Å². The first-order valence-corrected chi connectivity index (χ1v) is 11.4. The number of urea groups is 1. The number of aromatic amines is 1.